The molecule has 0 bridgehead atoms. The Balaban J connectivity index is 1.99. The smallest absolute Gasteiger partial charge is 0.0646 e. The van der Waals surface area contributed by atoms with Crippen LogP contribution >= 0.6 is 0 Å². The summed E-state index contributed by atoms with van der Waals surface area (Å²) in [5.74, 6) is 1.22. The SMILES string of the molecule is CC(C)C(CNC1(C)CCOC1)c1ccccc1. The van der Waals surface area contributed by atoms with Gasteiger partial charge in [-0.1, -0.05) is 44.2 Å². The number of hydrogen-bond acceptors (Lipinski definition) is 2. The van der Waals surface area contributed by atoms with Crippen LogP contribution in [-0.2, 0) is 4.74 Å². The number of rotatable bonds is 5. The number of ether oxygens (including phenoxy) is 1. The first-order valence-electron chi connectivity index (χ1n) is 6.98. The Labute approximate surface area is 111 Å². The van der Waals surface area contributed by atoms with Crippen molar-refractivity contribution in [2.75, 3.05) is 19.8 Å². The topological polar surface area (TPSA) is 21.3 Å². The van der Waals surface area contributed by atoms with E-state index in [1.807, 2.05) is 0 Å². The van der Waals surface area contributed by atoms with Crippen LogP contribution in [0.4, 0.5) is 0 Å². The lowest BCUT2D eigenvalue weighted by Crippen LogP contribution is -2.45. The first-order chi connectivity index (χ1) is 8.61. The third kappa shape index (κ3) is 3.33. The molecule has 1 heterocycles. The molecule has 1 N–H and O–H groups in total. The highest BCUT2D eigenvalue weighted by Crippen LogP contribution is 2.25. The fourth-order valence-electron chi connectivity index (χ4n) is 2.60. The molecule has 0 aromatic heterocycles. The molecule has 0 aliphatic carbocycles. The van der Waals surface area contributed by atoms with Gasteiger partial charge in [-0.2, -0.15) is 0 Å². The van der Waals surface area contributed by atoms with Gasteiger partial charge in [0.15, 0.2) is 0 Å². The van der Waals surface area contributed by atoms with Gasteiger partial charge in [-0.05, 0) is 30.7 Å². The van der Waals surface area contributed by atoms with Crippen molar-refractivity contribution >= 4 is 0 Å². The summed E-state index contributed by atoms with van der Waals surface area (Å²) in [6.07, 6.45) is 1.12. The summed E-state index contributed by atoms with van der Waals surface area (Å²) < 4.78 is 5.50. The Morgan fingerprint density at radius 2 is 2.00 bits per heavy atom. The molecule has 2 nitrogen and oxygen atoms in total. The van der Waals surface area contributed by atoms with Crippen molar-refractivity contribution in [3.8, 4) is 0 Å². The van der Waals surface area contributed by atoms with Crippen LogP contribution in [0.1, 0.15) is 38.7 Å². The lowest BCUT2D eigenvalue weighted by molar-refractivity contribution is 0.170. The van der Waals surface area contributed by atoms with Gasteiger partial charge in [0.2, 0.25) is 0 Å². The Bertz CT molecular complexity index is 355. The van der Waals surface area contributed by atoms with Crippen LogP contribution in [0.3, 0.4) is 0 Å². The largest absolute Gasteiger partial charge is 0.379 e. The average molecular weight is 247 g/mol. The second kappa shape index (κ2) is 5.85. The molecule has 1 aliphatic rings. The van der Waals surface area contributed by atoms with E-state index in [4.69, 9.17) is 4.74 Å². The molecule has 0 saturated carbocycles. The maximum Gasteiger partial charge on any atom is 0.0646 e. The third-order valence-electron chi connectivity index (χ3n) is 4.00. The Morgan fingerprint density at radius 3 is 2.56 bits per heavy atom. The average Bonchev–Trinajstić information content (AvgIpc) is 2.78. The molecule has 1 aliphatic heterocycles. The minimum Gasteiger partial charge on any atom is -0.379 e. The zero-order chi connectivity index (χ0) is 13.0. The molecule has 18 heavy (non-hydrogen) atoms. The van der Waals surface area contributed by atoms with E-state index in [9.17, 15) is 0 Å². The van der Waals surface area contributed by atoms with Crippen LogP contribution < -0.4 is 5.32 Å². The molecule has 0 amide bonds. The fourth-order valence-corrected chi connectivity index (χ4v) is 2.60. The maximum atomic E-state index is 5.50. The lowest BCUT2D eigenvalue weighted by Gasteiger charge is -2.29. The monoisotopic (exact) mass is 247 g/mol. The van der Waals surface area contributed by atoms with Gasteiger partial charge in [0.05, 0.1) is 6.61 Å². The highest BCUT2D eigenvalue weighted by molar-refractivity contribution is 5.20. The minimum absolute atomic E-state index is 0.169. The van der Waals surface area contributed by atoms with E-state index >= 15 is 0 Å². The molecule has 1 saturated heterocycles. The first kappa shape index (κ1) is 13.6. The van der Waals surface area contributed by atoms with Crippen molar-refractivity contribution < 1.29 is 4.74 Å². The molecule has 1 aromatic rings. The normalized spacial score (nSPS) is 25.6. The predicted octanol–water partition coefficient (Wildman–Crippen LogP) is 3.19. The summed E-state index contributed by atoms with van der Waals surface area (Å²) in [4.78, 5) is 0. The van der Waals surface area contributed by atoms with Gasteiger partial charge in [0.1, 0.15) is 0 Å². The Morgan fingerprint density at radius 1 is 1.28 bits per heavy atom. The summed E-state index contributed by atoms with van der Waals surface area (Å²) >= 11 is 0. The van der Waals surface area contributed by atoms with Crippen LogP contribution in [-0.4, -0.2) is 25.3 Å². The van der Waals surface area contributed by atoms with E-state index < -0.39 is 0 Å². The van der Waals surface area contributed by atoms with Crippen LogP contribution in [0.5, 0.6) is 0 Å². The molecule has 2 rings (SSSR count). The van der Waals surface area contributed by atoms with Crippen LogP contribution in [0.25, 0.3) is 0 Å². The number of nitrogens with one attached hydrogen (secondary N) is 1. The van der Waals surface area contributed by atoms with E-state index in [1.54, 1.807) is 0 Å². The van der Waals surface area contributed by atoms with E-state index in [0.717, 1.165) is 26.2 Å². The van der Waals surface area contributed by atoms with Crippen LogP contribution in [0.2, 0.25) is 0 Å². The van der Waals surface area contributed by atoms with Gasteiger partial charge in [-0.25, -0.2) is 0 Å². The van der Waals surface area contributed by atoms with Crippen LogP contribution in [0, 0.1) is 5.92 Å². The molecule has 2 heteroatoms. The zero-order valence-electron chi connectivity index (χ0n) is 11.8. The fraction of sp³-hybridized carbons (Fsp3) is 0.625. The van der Waals surface area contributed by atoms with Gasteiger partial charge in [-0.15, -0.1) is 0 Å². The molecular weight excluding hydrogens is 222 g/mol. The van der Waals surface area contributed by atoms with Gasteiger partial charge in [0, 0.05) is 18.7 Å². The minimum atomic E-state index is 0.169. The van der Waals surface area contributed by atoms with E-state index in [1.165, 1.54) is 5.56 Å². The standard InChI is InChI=1S/C16H25NO/c1-13(2)15(14-7-5-4-6-8-14)11-17-16(3)9-10-18-12-16/h4-8,13,15,17H,9-12H2,1-3H3. The Kier molecular flexibility index (Phi) is 4.41. The van der Waals surface area contributed by atoms with Crippen molar-refractivity contribution in [2.24, 2.45) is 5.92 Å². The van der Waals surface area contributed by atoms with Crippen molar-refractivity contribution in [3.05, 3.63) is 35.9 Å². The molecule has 100 valence electrons. The van der Waals surface area contributed by atoms with E-state index in [0.29, 0.717) is 11.8 Å². The second-order valence-electron chi connectivity index (χ2n) is 6.01. The predicted molar refractivity (Wildman–Crippen MR) is 75.9 cm³/mol. The molecule has 1 aromatic carbocycles. The second-order valence-corrected chi connectivity index (χ2v) is 6.01. The van der Waals surface area contributed by atoms with Crippen molar-refractivity contribution in [1.82, 2.24) is 5.32 Å². The molecule has 0 spiro atoms. The molecular formula is C16H25NO. The Hall–Kier alpha value is -0.860. The summed E-state index contributed by atoms with van der Waals surface area (Å²) in [6.45, 7) is 9.62. The summed E-state index contributed by atoms with van der Waals surface area (Å²) in [6, 6.07) is 10.8. The van der Waals surface area contributed by atoms with Crippen LogP contribution in [0.15, 0.2) is 30.3 Å². The van der Waals surface area contributed by atoms with Gasteiger partial charge in [0.25, 0.3) is 0 Å². The quantitative estimate of drug-likeness (QED) is 0.862. The highest BCUT2D eigenvalue weighted by atomic mass is 16.5. The summed E-state index contributed by atoms with van der Waals surface area (Å²) in [5.41, 5.74) is 1.60. The summed E-state index contributed by atoms with van der Waals surface area (Å²) in [7, 11) is 0. The van der Waals surface area contributed by atoms with Gasteiger partial charge >= 0.3 is 0 Å². The lowest BCUT2D eigenvalue weighted by atomic mass is 9.87. The molecule has 0 radical (unpaired) electrons. The van der Waals surface area contributed by atoms with Gasteiger partial charge in [-0.3, -0.25) is 0 Å². The van der Waals surface area contributed by atoms with Gasteiger partial charge < -0.3 is 10.1 Å². The number of benzene rings is 1. The molecule has 2 atom stereocenters. The van der Waals surface area contributed by atoms with E-state index in [-0.39, 0.29) is 5.54 Å². The zero-order valence-corrected chi connectivity index (χ0v) is 11.8. The van der Waals surface area contributed by atoms with Crippen molar-refractivity contribution in [1.29, 1.82) is 0 Å². The summed E-state index contributed by atoms with van der Waals surface area (Å²) in [5, 5.41) is 3.71. The van der Waals surface area contributed by atoms with Crippen molar-refractivity contribution in [3.63, 3.8) is 0 Å². The van der Waals surface area contributed by atoms with Crippen molar-refractivity contribution in [2.45, 2.75) is 38.6 Å². The highest BCUT2D eigenvalue weighted by Gasteiger charge is 2.30. The molecule has 1 fully saturated rings. The third-order valence-corrected chi connectivity index (χ3v) is 4.00. The number of hydrogen-bond donors (Lipinski definition) is 1. The van der Waals surface area contributed by atoms with E-state index in [2.05, 4.69) is 56.4 Å². The molecule has 2 unspecified atom stereocenters. The first-order valence-corrected chi connectivity index (χ1v) is 6.98. The maximum absolute atomic E-state index is 5.50.